The summed E-state index contributed by atoms with van der Waals surface area (Å²) in [5.74, 6) is 0.859. The number of carbonyl (C=O) groups excluding carboxylic acids is 1. The summed E-state index contributed by atoms with van der Waals surface area (Å²) in [6.45, 7) is 2.08. The average molecular weight is 421 g/mol. The number of nitrogens with one attached hydrogen (secondary N) is 1. The van der Waals surface area contributed by atoms with E-state index in [9.17, 15) is 4.79 Å². The second kappa shape index (κ2) is 10.3. The van der Waals surface area contributed by atoms with E-state index >= 15 is 0 Å². The molecule has 3 rings (SSSR count). The van der Waals surface area contributed by atoms with Gasteiger partial charge in [-0.3, -0.25) is 9.69 Å². The Bertz CT molecular complexity index is 868. The van der Waals surface area contributed by atoms with Gasteiger partial charge < -0.3 is 14.5 Å². The van der Waals surface area contributed by atoms with E-state index in [0.29, 0.717) is 43.0 Å². The van der Waals surface area contributed by atoms with Crippen LogP contribution < -0.4 is 5.32 Å². The lowest BCUT2D eigenvalue weighted by molar-refractivity contribution is -0.122. The monoisotopic (exact) mass is 420 g/mol. The Hall–Kier alpha value is -2.26. The Morgan fingerprint density at radius 3 is 2.82 bits per heavy atom. The Labute approximate surface area is 172 Å². The molecule has 0 aliphatic rings. The summed E-state index contributed by atoms with van der Waals surface area (Å²) < 4.78 is 10.9. The molecule has 0 spiro atoms. The number of ether oxygens (including phenoxy) is 1. The minimum absolute atomic E-state index is 0.0935. The molecule has 0 bridgehead atoms. The van der Waals surface area contributed by atoms with Crippen LogP contribution in [-0.4, -0.2) is 47.8 Å². The third-order valence-electron chi connectivity index (χ3n) is 3.94. The van der Waals surface area contributed by atoms with E-state index in [2.05, 4.69) is 15.5 Å². The lowest BCUT2D eigenvalue weighted by Crippen LogP contribution is -2.38. The van der Waals surface area contributed by atoms with Crippen LogP contribution in [-0.2, 0) is 22.6 Å². The quantitative estimate of drug-likeness (QED) is 0.542. The lowest BCUT2D eigenvalue weighted by atomic mass is 10.2. The molecule has 7 nitrogen and oxygen atoms in total. The molecule has 28 heavy (non-hydrogen) atoms. The lowest BCUT2D eigenvalue weighted by Gasteiger charge is -2.19. The highest BCUT2D eigenvalue weighted by Gasteiger charge is 2.16. The molecule has 1 amide bonds. The molecule has 9 heteroatoms. The Morgan fingerprint density at radius 2 is 2.11 bits per heavy atom. The van der Waals surface area contributed by atoms with Crippen molar-refractivity contribution in [1.29, 1.82) is 0 Å². The van der Waals surface area contributed by atoms with Gasteiger partial charge in [-0.05, 0) is 29.1 Å². The standard InChI is InChI=1S/C19H21ClN4O3S/c1-26-9-8-24(12-17(25)21-11-14-4-6-15(20)7-5-14)13-18-22-23-19(27-18)16-3-2-10-28-16/h2-7,10H,8-9,11-13H2,1H3,(H,21,25). The maximum absolute atomic E-state index is 12.4. The zero-order valence-corrected chi connectivity index (χ0v) is 17.0. The van der Waals surface area contributed by atoms with Crippen LogP contribution in [0.5, 0.6) is 0 Å². The number of carbonyl (C=O) groups is 1. The second-order valence-electron chi connectivity index (χ2n) is 6.08. The largest absolute Gasteiger partial charge is 0.419 e. The van der Waals surface area contributed by atoms with Crippen LogP contribution in [0.1, 0.15) is 11.5 Å². The molecule has 0 aliphatic carbocycles. The van der Waals surface area contributed by atoms with Crippen LogP contribution in [0.25, 0.3) is 10.8 Å². The highest BCUT2D eigenvalue weighted by atomic mass is 35.5. The Balaban J connectivity index is 1.55. The first kappa shape index (κ1) is 20.5. The van der Waals surface area contributed by atoms with Crippen molar-refractivity contribution in [1.82, 2.24) is 20.4 Å². The number of hydrogen-bond acceptors (Lipinski definition) is 7. The summed E-state index contributed by atoms with van der Waals surface area (Å²) in [5, 5.41) is 13.7. The third kappa shape index (κ3) is 6.13. The summed E-state index contributed by atoms with van der Waals surface area (Å²) in [6, 6.07) is 11.2. The van der Waals surface area contributed by atoms with Crippen LogP contribution in [0.15, 0.2) is 46.2 Å². The van der Waals surface area contributed by atoms with E-state index in [1.807, 2.05) is 34.5 Å². The van der Waals surface area contributed by atoms with E-state index in [0.717, 1.165) is 10.4 Å². The molecule has 0 radical (unpaired) electrons. The molecule has 2 aromatic heterocycles. The fraction of sp³-hybridized carbons (Fsp3) is 0.316. The van der Waals surface area contributed by atoms with Gasteiger partial charge >= 0.3 is 0 Å². The molecule has 3 aromatic rings. The van der Waals surface area contributed by atoms with Crippen molar-refractivity contribution >= 4 is 28.8 Å². The first-order valence-corrected chi connectivity index (χ1v) is 9.98. The zero-order valence-electron chi connectivity index (χ0n) is 15.4. The first-order chi connectivity index (χ1) is 13.6. The van der Waals surface area contributed by atoms with Gasteiger partial charge in [-0.1, -0.05) is 29.8 Å². The predicted octanol–water partition coefficient (Wildman–Crippen LogP) is 3.22. The summed E-state index contributed by atoms with van der Waals surface area (Å²) in [7, 11) is 1.63. The number of benzene rings is 1. The van der Waals surface area contributed by atoms with Crippen molar-refractivity contribution in [2.75, 3.05) is 26.8 Å². The molecule has 0 saturated heterocycles. The van der Waals surface area contributed by atoms with Gasteiger partial charge in [0.15, 0.2) is 0 Å². The number of hydrogen-bond donors (Lipinski definition) is 1. The van der Waals surface area contributed by atoms with Gasteiger partial charge in [-0.25, -0.2) is 0 Å². The second-order valence-corrected chi connectivity index (χ2v) is 7.47. The molecule has 0 fully saturated rings. The molecule has 0 saturated carbocycles. The van der Waals surface area contributed by atoms with E-state index < -0.39 is 0 Å². The summed E-state index contributed by atoms with van der Waals surface area (Å²) in [5.41, 5.74) is 0.985. The minimum atomic E-state index is -0.0935. The van der Waals surface area contributed by atoms with Gasteiger partial charge in [-0.2, -0.15) is 0 Å². The molecular formula is C19H21ClN4O3S. The van der Waals surface area contributed by atoms with E-state index in [1.165, 1.54) is 11.3 Å². The number of nitrogens with zero attached hydrogens (tertiary/aromatic N) is 3. The van der Waals surface area contributed by atoms with Gasteiger partial charge in [0, 0.05) is 25.2 Å². The van der Waals surface area contributed by atoms with Crippen molar-refractivity contribution in [2.24, 2.45) is 0 Å². The van der Waals surface area contributed by atoms with E-state index in [-0.39, 0.29) is 12.5 Å². The normalized spacial score (nSPS) is 11.1. The maximum Gasteiger partial charge on any atom is 0.257 e. The molecule has 0 aliphatic heterocycles. The van der Waals surface area contributed by atoms with Crippen molar-refractivity contribution < 1.29 is 13.9 Å². The predicted molar refractivity (Wildman–Crippen MR) is 108 cm³/mol. The zero-order chi connectivity index (χ0) is 19.8. The van der Waals surface area contributed by atoms with Gasteiger partial charge in [0.1, 0.15) is 0 Å². The Kier molecular flexibility index (Phi) is 7.55. The minimum Gasteiger partial charge on any atom is -0.419 e. The molecule has 2 heterocycles. The average Bonchev–Trinajstić information content (AvgIpc) is 3.37. The van der Waals surface area contributed by atoms with Gasteiger partial charge in [-0.15, -0.1) is 21.5 Å². The number of thiophene rings is 1. The van der Waals surface area contributed by atoms with Crippen LogP contribution >= 0.6 is 22.9 Å². The summed E-state index contributed by atoms with van der Waals surface area (Å²) in [6.07, 6.45) is 0. The van der Waals surface area contributed by atoms with E-state index in [1.54, 1.807) is 19.2 Å². The third-order valence-corrected chi connectivity index (χ3v) is 5.05. The van der Waals surface area contributed by atoms with Crippen molar-refractivity contribution in [3.8, 4) is 10.8 Å². The molecule has 1 N–H and O–H groups in total. The molecular weight excluding hydrogens is 400 g/mol. The summed E-state index contributed by atoms with van der Waals surface area (Å²) >= 11 is 7.41. The fourth-order valence-electron chi connectivity index (χ4n) is 2.50. The fourth-order valence-corrected chi connectivity index (χ4v) is 3.28. The molecule has 1 aromatic carbocycles. The van der Waals surface area contributed by atoms with Crippen molar-refractivity contribution in [3.05, 3.63) is 58.3 Å². The van der Waals surface area contributed by atoms with Gasteiger partial charge in [0.25, 0.3) is 5.89 Å². The first-order valence-electron chi connectivity index (χ1n) is 8.72. The molecule has 0 unspecified atom stereocenters. The Morgan fingerprint density at radius 1 is 1.29 bits per heavy atom. The number of amides is 1. The number of methoxy groups -OCH3 is 1. The van der Waals surface area contributed by atoms with E-state index in [4.69, 9.17) is 20.8 Å². The summed E-state index contributed by atoms with van der Waals surface area (Å²) in [4.78, 5) is 15.2. The van der Waals surface area contributed by atoms with Crippen molar-refractivity contribution in [3.63, 3.8) is 0 Å². The molecule has 0 atom stereocenters. The topological polar surface area (TPSA) is 80.5 Å². The smallest absolute Gasteiger partial charge is 0.257 e. The number of rotatable bonds is 10. The van der Waals surface area contributed by atoms with Crippen LogP contribution in [0.2, 0.25) is 5.02 Å². The van der Waals surface area contributed by atoms with Crippen LogP contribution in [0, 0.1) is 0 Å². The van der Waals surface area contributed by atoms with Gasteiger partial charge in [0.05, 0.1) is 24.6 Å². The number of aromatic nitrogens is 2. The van der Waals surface area contributed by atoms with Gasteiger partial charge in [0.2, 0.25) is 11.8 Å². The highest BCUT2D eigenvalue weighted by Crippen LogP contribution is 2.23. The van der Waals surface area contributed by atoms with Crippen LogP contribution in [0.4, 0.5) is 0 Å². The van der Waals surface area contributed by atoms with Crippen LogP contribution in [0.3, 0.4) is 0 Å². The SMILES string of the molecule is COCCN(CC(=O)NCc1ccc(Cl)cc1)Cc1nnc(-c2cccs2)o1. The maximum atomic E-state index is 12.4. The molecule has 148 valence electrons. The number of halogens is 1. The highest BCUT2D eigenvalue weighted by molar-refractivity contribution is 7.13. The van der Waals surface area contributed by atoms with Crippen molar-refractivity contribution in [2.45, 2.75) is 13.1 Å².